The van der Waals surface area contributed by atoms with Crippen molar-refractivity contribution in [3.63, 3.8) is 0 Å². The first-order valence-corrected chi connectivity index (χ1v) is 11.4. The molecule has 1 fully saturated rings. The Labute approximate surface area is 190 Å². The largest absolute Gasteiger partial charge is 0.497 e. The van der Waals surface area contributed by atoms with E-state index in [-0.39, 0.29) is 18.6 Å². The van der Waals surface area contributed by atoms with Gasteiger partial charge in [-0.15, -0.1) is 0 Å². The van der Waals surface area contributed by atoms with E-state index in [4.69, 9.17) is 9.47 Å². The number of rotatable bonds is 7. The van der Waals surface area contributed by atoms with Crippen LogP contribution in [0.4, 0.5) is 4.79 Å². The zero-order chi connectivity index (χ0) is 23.3. The van der Waals surface area contributed by atoms with Crippen molar-refractivity contribution in [1.29, 1.82) is 0 Å². The molecule has 7 nitrogen and oxygen atoms in total. The molecule has 0 unspecified atom stereocenters. The Bertz CT molecular complexity index is 911. The minimum absolute atomic E-state index is 0.0840. The summed E-state index contributed by atoms with van der Waals surface area (Å²) in [5, 5.41) is 21.5. The molecule has 0 spiro atoms. The molecule has 2 N–H and O–H groups in total. The number of ether oxygens (including phenoxy) is 2. The van der Waals surface area contributed by atoms with E-state index in [0.717, 1.165) is 35.1 Å². The molecule has 3 atom stereocenters. The van der Waals surface area contributed by atoms with Gasteiger partial charge < -0.3 is 24.6 Å². The van der Waals surface area contributed by atoms with Crippen molar-refractivity contribution in [2.45, 2.75) is 58.2 Å². The first-order valence-electron chi connectivity index (χ1n) is 11.4. The average Bonchev–Trinajstić information content (AvgIpc) is 2.76. The Balaban J connectivity index is 1.66. The van der Waals surface area contributed by atoms with Crippen molar-refractivity contribution in [2.24, 2.45) is 11.8 Å². The summed E-state index contributed by atoms with van der Waals surface area (Å²) in [7, 11) is 1.62. The maximum absolute atomic E-state index is 12.5. The van der Waals surface area contributed by atoms with Crippen LogP contribution in [0.2, 0.25) is 0 Å². The van der Waals surface area contributed by atoms with E-state index in [1.54, 1.807) is 18.2 Å². The van der Waals surface area contributed by atoms with Crippen LogP contribution in [0.15, 0.2) is 30.5 Å². The normalized spacial score (nSPS) is 20.2. The molecule has 3 rings (SSSR count). The number of likely N-dealkylation sites (tertiary alicyclic amines) is 1. The molecular weight excluding hydrogens is 408 g/mol. The number of methoxy groups -OCH3 is 1. The van der Waals surface area contributed by atoms with Crippen LogP contribution in [-0.4, -0.2) is 58.6 Å². The second kappa shape index (κ2) is 10.5. The van der Waals surface area contributed by atoms with Gasteiger partial charge in [-0.3, -0.25) is 4.98 Å². The Morgan fingerprint density at radius 3 is 2.72 bits per heavy atom. The minimum atomic E-state index is -0.619. The molecule has 1 aliphatic heterocycles. The number of hydrogen-bond acceptors (Lipinski definition) is 6. The van der Waals surface area contributed by atoms with Gasteiger partial charge in [0.2, 0.25) is 0 Å². The highest BCUT2D eigenvalue weighted by atomic mass is 16.6. The van der Waals surface area contributed by atoms with Crippen LogP contribution >= 0.6 is 0 Å². The Hall–Kier alpha value is -2.38. The number of aliphatic hydroxyl groups is 2. The van der Waals surface area contributed by atoms with Gasteiger partial charge in [0.1, 0.15) is 11.4 Å². The van der Waals surface area contributed by atoms with E-state index in [1.807, 2.05) is 45.0 Å². The number of pyridine rings is 1. The smallest absolute Gasteiger partial charge is 0.410 e. The number of aliphatic hydroxyl groups excluding tert-OH is 2. The van der Waals surface area contributed by atoms with Crippen LogP contribution in [0.1, 0.15) is 58.1 Å². The first kappa shape index (κ1) is 24.3. The van der Waals surface area contributed by atoms with Gasteiger partial charge in [0.05, 0.1) is 18.7 Å². The monoisotopic (exact) mass is 444 g/mol. The zero-order valence-electron chi connectivity index (χ0n) is 19.6. The van der Waals surface area contributed by atoms with E-state index < -0.39 is 11.7 Å². The van der Waals surface area contributed by atoms with Crippen LogP contribution in [0.5, 0.6) is 5.75 Å². The van der Waals surface area contributed by atoms with Crippen LogP contribution in [0.3, 0.4) is 0 Å². The molecule has 0 saturated carbocycles. The Morgan fingerprint density at radius 2 is 2.03 bits per heavy atom. The predicted molar refractivity (Wildman–Crippen MR) is 124 cm³/mol. The van der Waals surface area contributed by atoms with Gasteiger partial charge in [-0.1, -0.05) is 0 Å². The number of carbonyl (C=O) groups excluding carboxylic acids is 1. The fraction of sp³-hybridized carbons (Fsp3) is 0.600. The number of benzene rings is 1. The standard InChI is InChI=1S/C25H36N2O5/c1-25(2,3)32-24(30)27-13-10-17(18(16-27)11-14-28)5-8-23(29)20-9-12-26-22-7-6-19(31-4)15-21(20)22/h6-7,9,12,15,17-18,23,28-29H,5,8,10-11,13-14,16H2,1-4H3/t17-,18+,23+/m1/s1. The maximum atomic E-state index is 12.5. The molecule has 176 valence electrons. The average molecular weight is 445 g/mol. The van der Waals surface area contributed by atoms with E-state index in [1.165, 1.54) is 0 Å². The maximum Gasteiger partial charge on any atom is 0.410 e. The SMILES string of the molecule is COc1ccc2nccc([C@@H](O)CC[C@@H]3CCN(C(=O)OC(C)(C)C)C[C@@H]3CCO)c2c1. The summed E-state index contributed by atoms with van der Waals surface area (Å²) >= 11 is 0. The lowest BCUT2D eigenvalue weighted by molar-refractivity contribution is 0.00570. The number of fused-ring (bicyclic) bond motifs is 1. The highest BCUT2D eigenvalue weighted by Gasteiger charge is 2.33. The van der Waals surface area contributed by atoms with Crippen molar-refractivity contribution in [3.05, 3.63) is 36.0 Å². The van der Waals surface area contributed by atoms with Gasteiger partial charge in [-0.25, -0.2) is 4.79 Å². The summed E-state index contributed by atoms with van der Waals surface area (Å²) in [5.41, 5.74) is 1.14. The third-order valence-corrected chi connectivity index (χ3v) is 6.20. The molecule has 2 heterocycles. The van der Waals surface area contributed by atoms with Gasteiger partial charge in [-0.2, -0.15) is 0 Å². The number of carbonyl (C=O) groups is 1. The molecule has 7 heteroatoms. The fourth-order valence-corrected chi connectivity index (χ4v) is 4.54. The second-order valence-corrected chi connectivity index (χ2v) is 9.62. The summed E-state index contributed by atoms with van der Waals surface area (Å²) in [5.74, 6) is 1.25. The number of hydrogen-bond donors (Lipinski definition) is 2. The van der Waals surface area contributed by atoms with Crippen LogP contribution in [0, 0.1) is 11.8 Å². The van der Waals surface area contributed by atoms with E-state index in [9.17, 15) is 15.0 Å². The van der Waals surface area contributed by atoms with Crippen molar-refractivity contribution in [1.82, 2.24) is 9.88 Å². The minimum Gasteiger partial charge on any atom is -0.497 e. The third kappa shape index (κ3) is 6.11. The van der Waals surface area contributed by atoms with Gasteiger partial charge in [0.15, 0.2) is 0 Å². The van der Waals surface area contributed by atoms with E-state index in [0.29, 0.717) is 31.8 Å². The van der Waals surface area contributed by atoms with Crippen LogP contribution < -0.4 is 4.74 Å². The lowest BCUT2D eigenvalue weighted by atomic mass is 9.79. The zero-order valence-corrected chi connectivity index (χ0v) is 19.6. The van der Waals surface area contributed by atoms with Gasteiger partial charge in [-0.05, 0) is 88.1 Å². The van der Waals surface area contributed by atoms with Crippen molar-refractivity contribution >= 4 is 17.0 Å². The summed E-state index contributed by atoms with van der Waals surface area (Å²) in [6.45, 7) is 6.88. The molecule has 2 aromatic rings. The summed E-state index contributed by atoms with van der Waals surface area (Å²) in [6.07, 6.45) is 3.71. The third-order valence-electron chi connectivity index (χ3n) is 6.20. The van der Waals surface area contributed by atoms with Gasteiger partial charge in [0.25, 0.3) is 0 Å². The predicted octanol–water partition coefficient (Wildman–Crippen LogP) is 4.31. The molecule has 1 amide bonds. The molecular formula is C25H36N2O5. The molecule has 1 aromatic carbocycles. The molecule has 1 aromatic heterocycles. The molecule has 1 aliphatic rings. The molecule has 0 radical (unpaired) electrons. The molecule has 0 aliphatic carbocycles. The highest BCUT2D eigenvalue weighted by Crippen LogP contribution is 2.35. The highest BCUT2D eigenvalue weighted by molar-refractivity contribution is 5.83. The Morgan fingerprint density at radius 1 is 1.25 bits per heavy atom. The van der Waals surface area contributed by atoms with E-state index in [2.05, 4.69) is 4.98 Å². The lowest BCUT2D eigenvalue weighted by Gasteiger charge is -2.39. The second-order valence-electron chi connectivity index (χ2n) is 9.62. The van der Waals surface area contributed by atoms with E-state index >= 15 is 0 Å². The number of nitrogens with zero attached hydrogens (tertiary/aromatic N) is 2. The summed E-state index contributed by atoms with van der Waals surface area (Å²) < 4.78 is 10.9. The first-order chi connectivity index (χ1) is 15.2. The summed E-state index contributed by atoms with van der Waals surface area (Å²) in [6, 6.07) is 7.54. The quantitative estimate of drug-likeness (QED) is 0.661. The van der Waals surface area contributed by atoms with Crippen molar-refractivity contribution in [2.75, 3.05) is 26.8 Å². The number of aromatic nitrogens is 1. The van der Waals surface area contributed by atoms with Crippen molar-refractivity contribution in [3.8, 4) is 5.75 Å². The van der Waals surface area contributed by atoms with Crippen LogP contribution in [-0.2, 0) is 4.74 Å². The number of piperidine rings is 1. The molecule has 1 saturated heterocycles. The molecule has 0 bridgehead atoms. The Kier molecular flexibility index (Phi) is 7.96. The van der Waals surface area contributed by atoms with Gasteiger partial charge >= 0.3 is 6.09 Å². The van der Waals surface area contributed by atoms with Gasteiger partial charge in [0, 0.05) is 31.3 Å². The van der Waals surface area contributed by atoms with Crippen LogP contribution in [0.25, 0.3) is 10.9 Å². The molecule has 32 heavy (non-hydrogen) atoms. The lowest BCUT2D eigenvalue weighted by Crippen LogP contribution is -2.46. The number of amides is 1. The van der Waals surface area contributed by atoms with Crippen molar-refractivity contribution < 1.29 is 24.5 Å². The summed E-state index contributed by atoms with van der Waals surface area (Å²) in [4.78, 5) is 18.6. The fourth-order valence-electron chi connectivity index (χ4n) is 4.54. The topological polar surface area (TPSA) is 92.1 Å².